The number of hydrogen-bond donors (Lipinski definition) is 0. The molecule has 0 spiro atoms. The van der Waals surface area contributed by atoms with E-state index in [9.17, 15) is 9.59 Å². The van der Waals surface area contributed by atoms with Crippen molar-refractivity contribution in [2.45, 2.75) is 71.8 Å². The summed E-state index contributed by atoms with van der Waals surface area (Å²) in [4.78, 5) is 23.4. The van der Waals surface area contributed by atoms with Crippen LogP contribution >= 0.6 is 0 Å². The highest BCUT2D eigenvalue weighted by molar-refractivity contribution is 5.91. The maximum absolute atomic E-state index is 11.8. The fraction of sp³-hybridized carbons (Fsp3) is 0.810. The summed E-state index contributed by atoms with van der Waals surface area (Å²) in [7, 11) is 0. The smallest absolute Gasteiger partial charge is 0.302 e. The molecule has 3 heteroatoms. The fourth-order valence-corrected chi connectivity index (χ4v) is 7.12. The molecule has 132 valence electrons. The molecule has 24 heavy (non-hydrogen) atoms. The van der Waals surface area contributed by atoms with Gasteiger partial charge in [-0.2, -0.15) is 0 Å². The number of hydrogen-bond acceptors (Lipinski definition) is 3. The van der Waals surface area contributed by atoms with Gasteiger partial charge in [0.25, 0.3) is 0 Å². The summed E-state index contributed by atoms with van der Waals surface area (Å²) < 4.78 is 5.74. The predicted molar refractivity (Wildman–Crippen MR) is 92.2 cm³/mol. The van der Waals surface area contributed by atoms with Crippen molar-refractivity contribution in [3.63, 3.8) is 0 Å². The van der Waals surface area contributed by atoms with Gasteiger partial charge in [0.05, 0.1) is 0 Å². The number of allylic oxidation sites excluding steroid dienone is 1. The van der Waals surface area contributed by atoms with E-state index in [-0.39, 0.29) is 17.5 Å². The topological polar surface area (TPSA) is 43.4 Å². The van der Waals surface area contributed by atoms with Crippen molar-refractivity contribution in [3.05, 3.63) is 11.6 Å². The summed E-state index contributed by atoms with van der Waals surface area (Å²) >= 11 is 0. The Bertz CT molecular complexity index is 592. The average molecular weight is 330 g/mol. The molecule has 0 bridgehead atoms. The molecule has 0 aromatic rings. The number of carbonyl (C=O) groups is 2. The van der Waals surface area contributed by atoms with Crippen molar-refractivity contribution in [2.75, 3.05) is 0 Å². The molecule has 3 saturated carbocycles. The summed E-state index contributed by atoms with van der Waals surface area (Å²) in [6.07, 6.45) is 9.60. The van der Waals surface area contributed by atoms with E-state index in [1.807, 2.05) is 6.08 Å². The van der Waals surface area contributed by atoms with E-state index >= 15 is 0 Å². The molecule has 0 saturated heterocycles. The van der Waals surface area contributed by atoms with Crippen LogP contribution in [0.2, 0.25) is 0 Å². The highest BCUT2D eigenvalue weighted by Gasteiger charge is 2.59. The van der Waals surface area contributed by atoms with Gasteiger partial charge in [-0.1, -0.05) is 19.4 Å². The van der Waals surface area contributed by atoms with Crippen LogP contribution in [0.15, 0.2) is 11.6 Å². The molecule has 4 rings (SSSR count). The van der Waals surface area contributed by atoms with Crippen LogP contribution in [0, 0.1) is 35.0 Å². The van der Waals surface area contributed by atoms with E-state index in [0.717, 1.165) is 43.9 Å². The SMILES string of the molecule is CC(=O)O[C@H]1CCC2C3CCC4=CC(=O)CCC4C3[C@@H](C)C[C@@]21C. The molecule has 4 aliphatic rings. The minimum Gasteiger partial charge on any atom is -0.462 e. The maximum Gasteiger partial charge on any atom is 0.302 e. The number of ether oxygens (including phenoxy) is 1. The molecule has 0 aromatic carbocycles. The summed E-state index contributed by atoms with van der Waals surface area (Å²) in [6.45, 7) is 6.32. The van der Waals surface area contributed by atoms with E-state index in [4.69, 9.17) is 4.74 Å². The number of rotatable bonds is 1. The molecule has 3 nitrogen and oxygen atoms in total. The second-order valence-electron chi connectivity index (χ2n) is 9.08. The molecule has 0 amide bonds. The number of fused-ring (bicyclic) bond motifs is 5. The zero-order valence-corrected chi connectivity index (χ0v) is 15.2. The minimum atomic E-state index is -0.128. The highest BCUT2D eigenvalue weighted by Crippen LogP contribution is 2.63. The Morgan fingerprint density at radius 2 is 2.00 bits per heavy atom. The molecular weight excluding hydrogens is 300 g/mol. The minimum absolute atomic E-state index is 0.105. The second-order valence-corrected chi connectivity index (χ2v) is 9.08. The fourth-order valence-electron chi connectivity index (χ4n) is 7.12. The molecule has 0 aromatic heterocycles. The first-order valence-corrected chi connectivity index (χ1v) is 9.80. The van der Waals surface area contributed by atoms with Crippen molar-refractivity contribution in [2.24, 2.45) is 35.0 Å². The molecule has 0 aliphatic heterocycles. The predicted octanol–water partition coefficient (Wildman–Crippen LogP) is 4.31. The lowest BCUT2D eigenvalue weighted by Gasteiger charge is -2.56. The van der Waals surface area contributed by atoms with Gasteiger partial charge in [0.1, 0.15) is 6.10 Å². The van der Waals surface area contributed by atoms with Crippen molar-refractivity contribution >= 4 is 11.8 Å². The van der Waals surface area contributed by atoms with E-state index in [2.05, 4.69) is 13.8 Å². The van der Waals surface area contributed by atoms with Gasteiger partial charge in [-0.15, -0.1) is 0 Å². The quantitative estimate of drug-likeness (QED) is 0.673. The molecule has 3 fully saturated rings. The van der Waals surface area contributed by atoms with Crippen LogP contribution in [0.5, 0.6) is 0 Å². The first kappa shape index (κ1) is 16.4. The third-order valence-corrected chi connectivity index (χ3v) is 7.82. The lowest BCUT2D eigenvalue weighted by Crippen LogP contribution is -2.51. The Labute approximate surface area is 145 Å². The maximum atomic E-state index is 11.8. The molecule has 0 radical (unpaired) electrons. The second kappa shape index (κ2) is 5.71. The third kappa shape index (κ3) is 2.38. The van der Waals surface area contributed by atoms with Crippen molar-refractivity contribution < 1.29 is 14.3 Å². The molecule has 7 atom stereocenters. The van der Waals surface area contributed by atoms with Crippen LogP contribution in [0.1, 0.15) is 65.7 Å². The van der Waals surface area contributed by atoms with Crippen LogP contribution in [0.3, 0.4) is 0 Å². The number of ketones is 1. The Hall–Kier alpha value is -1.12. The monoisotopic (exact) mass is 330 g/mol. The molecule has 4 unspecified atom stereocenters. The summed E-state index contributed by atoms with van der Waals surface area (Å²) in [6, 6.07) is 0. The Kier molecular flexibility index (Phi) is 3.89. The van der Waals surface area contributed by atoms with E-state index in [0.29, 0.717) is 23.5 Å². The first-order chi connectivity index (χ1) is 11.4. The normalized spacial score (nSPS) is 47.3. The van der Waals surface area contributed by atoms with E-state index in [1.165, 1.54) is 18.4 Å². The summed E-state index contributed by atoms with van der Waals surface area (Å²) in [5.74, 6) is 3.65. The van der Waals surface area contributed by atoms with Crippen LogP contribution in [0.4, 0.5) is 0 Å². The molecule has 0 N–H and O–H groups in total. The van der Waals surface area contributed by atoms with Crippen LogP contribution < -0.4 is 0 Å². The van der Waals surface area contributed by atoms with Crippen LogP contribution in [-0.4, -0.2) is 17.9 Å². The summed E-state index contributed by atoms with van der Waals surface area (Å²) in [5, 5.41) is 0. The van der Waals surface area contributed by atoms with Gasteiger partial charge in [0.2, 0.25) is 0 Å². The zero-order chi connectivity index (χ0) is 17.1. The van der Waals surface area contributed by atoms with Gasteiger partial charge in [-0.3, -0.25) is 9.59 Å². The van der Waals surface area contributed by atoms with Crippen LogP contribution in [-0.2, 0) is 14.3 Å². The number of carbonyl (C=O) groups excluding carboxylic acids is 2. The lowest BCUT2D eigenvalue weighted by molar-refractivity contribution is -0.158. The van der Waals surface area contributed by atoms with Gasteiger partial charge in [0, 0.05) is 18.8 Å². The Balaban J connectivity index is 1.63. The molecule has 0 heterocycles. The standard InChI is InChI=1S/C21H30O3/c1-12-11-21(3)18(8-9-19(21)24-13(2)22)17-6-4-14-10-15(23)5-7-16(14)20(12)17/h10,12,16-20H,4-9,11H2,1-3H3/t12-,16?,17?,18?,19-,20?,21-/m0/s1. The largest absolute Gasteiger partial charge is 0.462 e. The van der Waals surface area contributed by atoms with E-state index in [1.54, 1.807) is 6.92 Å². The Morgan fingerprint density at radius 1 is 1.21 bits per heavy atom. The average Bonchev–Trinajstić information content (AvgIpc) is 2.82. The zero-order valence-electron chi connectivity index (χ0n) is 15.2. The van der Waals surface area contributed by atoms with Gasteiger partial charge in [-0.25, -0.2) is 0 Å². The summed E-state index contributed by atoms with van der Waals surface area (Å²) in [5.41, 5.74) is 1.59. The van der Waals surface area contributed by atoms with E-state index < -0.39 is 0 Å². The van der Waals surface area contributed by atoms with Crippen molar-refractivity contribution in [1.82, 2.24) is 0 Å². The first-order valence-electron chi connectivity index (χ1n) is 9.80. The van der Waals surface area contributed by atoms with Gasteiger partial charge >= 0.3 is 5.97 Å². The Morgan fingerprint density at radius 3 is 2.75 bits per heavy atom. The molecule has 4 aliphatic carbocycles. The number of esters is 1. The van der Waals surface area contributed by atoms with Gasteiger partial charge in [0.15, 0.2) is 5.78 Å². The van der Waals surface area contributed by atoms with Gasteiger partial charge in [-0.05, 0) is 74.2 Å². The lowest BCUT2D eigenvalue weighted by atomic mass is 9.49. The van der Waals surface area contributed by atoms with Gasteiger partial charge < -0.3 is 4.74 Å². The van der Waals surface area contributed by atoms with Crippen LogP contribution in [0.25, 0.3) is 0 Å². The third-order valence-electron chi connectivity index (χ3n) is 7.82. The van der Waals surface area contributed by atoms with Crippen molar-refractivity contribution in [1.29, 1.82) is 0 Å². The van der Waals surface area contributed by atoms with Crippen molar-refractivity contribution in [3.8, 4) is 0 Å². The molecular formula is C21H30O3. The highest BCUT2D eigenvalue weighted by atomic mass is 16.5.